The molecule has 106 valence electrons. The van der Waals surface area contributed by atoms with Crippen LogP contribution in [0, 0.1) is 0 Å². The highest BCUT2D eigenvalue weighted by molar-refractivity contribution is 5.96. The third-order valence-electron chi connectivity index (χ3n) is 3.52. The van der Waals surface area contributed by atoms with Crippen molar-refractivity contribution in [3.8, 4) is 22.8 Å². The first-order valence-electron chi connectivity index (χ1n) is 6.65. The molecule has 3 rings (SSSR count). The molecule has 0 aliphatic rings. The van der Waals surface area contributed by atoms with Gasteiger partial charge in [-0.3, -0.25) is 4.98 Å². The molecule has 0 radical (unpaired) electrons. The van der Waals surface area contributed by atoms with Crippen LogP contribution >= 0.6 is 0 Å². The van der Waals surface area contributed by atoms with E-state index in [1.165, 1.54) is 0 Å². The zero-order valence-corrected chi connectivity index (χ0v) is 11.9. The summed E-state index contributed by atoms with van der Waals surface area (Å²) in [5.74, 6) is -0.260. The Hall–Kier alpha value is -2.75. The smallest absolute Gasteiger partial charge is 0.158 e. The molecular weight excluding hydrogens is 264 g/mol. The minimum absolute atomic E-state index is 0.123. The van der Waals surface area contributed by atoms with E-state index in [0.717, 1.165) is 27.7 Å². The summed E-state index contributed by atoms with van der Waals surface area (Å²) in [6, 6.07) is 13.0. The first-order chi connectivity index (χ1) is 10.1. The molecule has 2 N–H and O–H groups in total. The number of hydrogen-bond acceptors (Lipinski definition) is 4. The van der Waals surface area contributed by atoms with Gasteiger partial charge in [0.05, 0.1) is 5.69 Å². The minimum Gasteiger partial charge on any atom is -0.504 e. The normalized spacial score (nSPS) is 10.8. The van der Waals surface area contributed by atoms with Gasteiger partial charge in [-0.05, 0) is 35.7 Å². The molecule has 0 amide bonds. The zero-order valence-electron chi connectivity index (χ0n) is 11.9. The molecule has 1 aromatic heterocycles. The van der Waals surface area contributed by atoms with Crippen LogP contribution in [0.5, 0.6) is 11.5 Å². The molecule has 21 heavy (non-hydrogen) atoms. The standard InChI is InChI=1S/C17H16N2O2/c1-19(2)13-5-3-11(4-6-13)17-14-10-16(21)15(20)9-12(14)7-8-18-17/h3-10,20-21H,1-2H3. The van der Waals surface area contributed by atoms with Crippen LogP contribution < -0.4 is 4.90 Å². The van der Waals surface area contributed by atoms with Crippen molar-refractivity contribution in [3.63, 3.8) is 0 Å². The van der Waals surface area contributed by atoms with E-state index in [1.807, 2.05) is 49.3 Å². The molecule has 0 bridgehead atoms. The van der Waals surface area contributed by atoms with E-state index in [2.05, 4.69) is 4.98 Å². The minimum atomic E-state index is -0.137. The summed E-state index contributed by atoms with van der Waals surface area (Å²) in [5, 5.41) is 21.0. The lowest BCUT2D eigenvalue weighted by atomic mass is 10.0. The van der Waals surface area contributed by atoms with Crippen LogP contribution in [-0.2, 0) is 0 Å². The maximum atomic E-state index is 9.72. The molecule has 0 saturated carbocycles. The lowest BCUT2D eigenvalue weighted by molar-refractivity contribution is 0.405. The van der Waals surface area contributed by atoms with E-state index in [-0.39, 0.29) is 11.5 Å². The highest BCUT2D eigenvalue weighted by Gasteiger charge is 2.09. The predicted octanol–water partition coefficient (Wildman–Crippen LogP) is 3.38. The number of phenolic OH excluding ortho intramolecular Hbond substituents is 2. The highest BCUT2D eigenvalue weighted by atomic mass is 16.3. The van der Waals surface area contributed by atoms with Crippen molar-refractivity contribution in [2.75, 3.05) is 19.0 Å². The third-order valence-corrected chi connectivity index (χ3v) is 3.52. The molecule has 4 nitrogen and oxygen atoms in total. The quantitative estimate of drug-likeness (QED) is 0.707. The summed E-state index contributed by atoms with van der Waals surface area (Å²) in [4.78, 5) is 6.45. The molecule has 0 saturated heterocycles. The zero-order chi connectivity index (χ0) is 15.0. The molecular formula is C17H16N2O2. The maximum absolute atomic E-state index is 9.72. The SMILES string of the molecule is CN(C)c1ccc(-c2nccc3cc(O)c(O)cc23)cc1. The fraction of sp³-hybridized carbons (Fsp3) is 0.118. The van der Waals surface area contributed by atoms with Crippen LogP contribution in [0.1, 0.15) is 0 Å². The molecule has 0 unspecified atom stereocenters. The Labute approximate surface area is 122 Å². The summed E-state index contributed by atoms with van der Waals surface area (Å²) in [6.07, 6.45) is 1.70. The van der Waals surface area contributed by atoms with Crippen molar-refractivity contribution in [3.05, 3.63) is 48.7 Å². The fourth-order valence-corrected chi connectivity index (χ4v) is 2.35. The number of benzene rings is 2. The maximum Gasteiger partial charge on any atom is 0.158 e. The van der Waals surface area contributed by atoms with Crippen LogP contribution in [0.2, 0.25) is 0 Å². The van der Waals surface area contributed by atoms with Crippen LogP contribution in [0.3, 0.4) is 0 Å². The summed E-state index contributed by atoms with van der Waals surface area (Å²) < 4.78 is 0. The van der Waals surface area contributed by atoms with E-state index < -0.39 is 0 Å². The van der Waals surface area contributed by atoms with Crippen LogP contribution in [0.4, 0.5) is 5.69 Å². The lowest BCUT2D eigenvalue weighted by Gasteiger charge is -2.13. The van der Waals surface area contributed by atoms with Crippen molar-refractivity contribution >= 4 is 16.5 Å². The van der Waals surface area contributed by atoms with Gasteiger partial charge in [0.25, 0.3) is 0 Å². The van der Waals surface area contributed by atoms with Crippen molar-refractivity contribution in [2.24, 2.45) is 0 Å². The second kappa shape index (κ2) is 4.98. The second-order valence-electron chi connectivity index (χ2n) is 5.16. The molecule has 0 spiro atoms. The van der Waals surface area contributed by atoms with E-state index in [4.69, 9.17) is 0 Å². The highest BCUT2D eigenvalue weighted by Crippen LogP contribution is 2.34. The monoisotopic (exact) mass is 280 g/mol. The van der Waals surface area contributed by atoms with Crippen molar-refractivity contribution in [1.29, 1.82) is 0 Å². The first-order valence-corrected chi connectivity index (χ1v) is 6.65. The van der Waals surface area contributed by atoms with Gasteiger partial charge in [-0.25, -0.2) is 0 Å². The van der Waals surface area contributed by atoms with Gasteiger partial charge >= 0.3 is 0 Å². The van der Waals surface area contributed by atoms with Gasteiger partial charge < -0.3 is 15.1 Å². The fourth-order valence-electron chi connectivity index (χ4n) is 2.35. The van der Waals surface area contributed by atoms with E-state index in [1.54, 1.807) is 18.3 Å². The van der Waals surface area contributed by atoms with E-state index >= 15 is 0 Å². The number of fused-ring (bicyclic) bond motifs is 1. The number of nitrogens with zero attached hydrogens (tertiary/aromatic N) is 2. The molecule has 0 atom stereocenters. The molecule has 0 aliphatic carbocycles. The van der Waals surface area contributed by atoms with Crippen LogP contribution in [0.25, 0.3) is 22.0 Å². The van der Waals surface area contributed by atoms with Crippen LogP contribution in [0.15, 0.2) is 48.7 Å². The second-order valence-corrected chi connectivity index (χ2v) is 5.16. The number of pyridine rings is 1. The Bertz CT molecular complexity index is 796. The topological polar surface area (TPSA) is 56.6 Å². The number of rotatable bonds is 2. The largest absolute Gasteiger partial charge is 0.504 e. The van der Waals surface area contributed by atoms with E-state index in [9.17, 15) is 10.2 Å². The number of phenols is 2. The van der Waals surface area contributed by atoms with Gasteiger partial charge in [0.15, 0.2) is 11.5 Å². The Morgan fingerprint density at radius 1 is 0.905 bits per heavy atom. The Balaban J connectivity index is 2.18. The van der Waals surface area contributed by atoms with Gasteiger partial charge in [-0.15, -0.1) is 0 Å². The van der Waals surface area contributed by atoms with Crippen molar-refractivity contribution < 1.29 is 10.2 Å². The van der Waals surface area contributed by atoms with Crippen LogP contribution in [-0.4, -0.2) is 29.3 Å². The molecule has 0 aliphatic heterocycles. The summed E-state index contributed by atoms with van der Waals surface area (Å²) in [7, 11) is 3.98. The average molecular weight is 280 g/mol. The molecule has 4 heteroatoms. The van der Waals surface area contributed by atoms with Gasteiger partial charge in [0.2, 0.25) is 0 Å². The summed E-state index contributed by atoms with van der Waals surface area (Å²) in [6.45, 7) is 0. The summed E-state index contributed by atoms with van der Waals surface area (Å²) >= 11 is 0. The van der Waals surface area contributed by atoms with E-state index in [0.29, 0.717) is 0 Å². The number of anilines is 1. The molecule has 3 aromatic rings. The summed E-state index contributed by atoms with van der Waals surface area (Å²) in [5.41, 5.74) is 2.86. The number of hydrogen-bond donors (Lipinski definition) is 2. The van der Waals surface area contributed by atoms with Crippen molar-refractivity contribution in [1.82, 2.24) is 4.98 Å². The van der Waals surface area contributed by atoms with Gasteiger partial charge in [0, 0.05) is 36.9 Å². The van der Waals surface area contributed by atoms with Gasteiger partial charge in [-0.1, -0.05) is 12.1 Å². The Morgan fingerprint density at radius 2 is 1.57 bits per heavy atom. The number of aromatic hydroxyl groups is 2. The predicted molar refractivity (Wildman–Crippen MR) is 84.8 cm³/mol. The molecule has 0 fully saturated rings. The number of aromatic nitrogens is 1. The Kier molecular flexibility index (Phi) is 3.14. The van der Waals surface area contributed by atoms with Gasteiger partial charge in [-0.2, -0.15) is 0 Å². The average Bonchev–Trinajstić information content (AvgIpc) is 2.48. The first kappa shape index (κ1) is 13.2. The molecule has 2 aromatic carbocycles. The van der Waals surface area contributed by atoms with Crippen molar-refractivity contribution in [2.45, 2.75) is 0 Å². The Morgan fingerprint density at radius 3 is 2.24 bits per heavy atom. The third kappa shape index (κ3) is 2.36. The van der Waals surface area contributed by atoms with Gasteiger partial charge in [0.1, 0.15) is 0 Å². The lowest BCUT2D eigenvalue weighted by Crippen LogP contribution is -2.07. The molecule has 1 heterocycles.